The Kier molecular flexibility index (Phi) is 9.08. The van der Waals surface area contributed by atoms with Gasteiger partial charge in [0.15, 0.2) is 0 Å². The van der Waals surface area contributed by atoms with Crippen molar-refractivity contribution in [1.82, 2.24) is 0 Å². The summed E-state index contributed by atoms with van der Waals surface area (Å²) in [5.41, 5.74) is 2.18. The molecular formula is C32H50O5. The molecule has 4 rings (SSSR count). The summed E-state index contributed by atoms with van der Waals surface area (Å²) in [5, 5.41) is 31.5. The number of unbranched alkanes of at least 4 members (excludes halogenated alkanes) is 1. The molecule has 0 unspecified atom stereocenters. The Morgan fingerprint density at radius 3 is 2.46 bits per heavy atom. The second-order valence-electron chi connectivity index (χ2n) is 12.9. The molecule has 0 aromatic carbocycles. The number of hydrogen-bond donors (Lipinski definition) is 3. The van der Waals surface area contributed by atoms with Gasteiger partial charge in [-0.05, 0) is 87.4 Å². The van der Waals surface area contributed by atoms with Crippen LogP contribution in [0.2, 0.25) is 0 Å². The zero-order valence-electron chi connectivity index (χ0n) is 23.5. The van der Waals surface area contributed by atoms with Crippen LogP contribution in [-0.2, 0) is 9.53 Å². The Balaban J connectivity index is 1.40. The number of rotatable bonds is 9. The highest BCUT2D eigenvalue weighted by Gasteiger charge is 2.56. The Labute approximate surface area is 224 Å². The van der Waals surface area contributed by atoms with Crippen LogP contribution in [-0.4, -0.2) is 46.2 Å². The van der Waals surface area contributed by atoms with Crippen LogP contribution in [0.1, 0.15) is 98.3 Å². The molecule has 37 heavy (non-hydrogen) atoms. The van der Waals surface area contributed by atoms with E-state index in [1.807, 2.05) is 13.0 Å². The lowest BCUT2D eigenvalue weighted by atomic mass is 9.61. The lowest BCUT2D eigenvalue weighted by Gasteiger charge is -2.44. The molecule has 0 aromatic rings. The molecule has 3 N–H and O–H groups in total. The molecule has 4 aliphatic rings. The second kappa shape index (κ2) is 11.8. The average Bonchev–Trinajstić information content (AvgIpc) is 3.60. The minimum atomic E-state index is -0.772. The standard InChI is InChI=1S/C32H50O5/c1-5-6-18-37-30(36)32(16-17-32)29(35)14-9-21(2)25-12-13-26-24(8-7-15-31(25,26)4)11-10-23-19-27(33)22(3)28(34)20-23/h9-11,14,21-22,25-29,33-35H,5-8,12-13,15-20H2,1-4H3/t21-,22?,25-,26+,27-,28-,29-,31-/m1/s1. The van der Waals surface area contributed by atoms with Gasteiger partial charge in [-0.1, -0.05) is 69.6 Å². The van der Waals surface area contributed by atoms with Crippen molar-refractivity contribution in [2.45, 2.75) is 117 Å². The molecule has 5 heteroatoms. The molecule has 4 aliphatic carbocycles. The number of aliphatic hydroxyl groups is 3. The summed E-state index contributed by atoms with van der Waals surface area (Å²) < 4.78 is 5.45. The Morgan fingerprint density at radius 2 is 1.81 bits per heavy atom. The van der Waals surface area contributed by atoms with E-state index in [9.17, 15) is 20.1 Å². The van der Waals surface area contributed by atoms with E-state index in [1.165, 1.54) is 31.3 Å². The van der Waals surface area contributed by atoms with E-state index in [1.54, 1.807) is 0 Å². The van der Waals surface area contributed by atoms with E-state index in [2.05, 4.69) is 39.0 Å². The molecule has 0 radical (unpaired) electrons. The number of carbonyl (C=O) groups excluding carboxylic acids is 1. The first-order valence-electron chi connectivity index (χ1n) is 14.9. The molecular weight excluding hydrogens is 464 g/mol. The maximum Gasteiger partial charge on any atom is 0.315 e. The van der Waals surface area contributed by atoms with Gasteiger partial charge in [0.2, 0.25) is 0 Å². The van der Waals surface area contributed by atoms with E-state index >= 15 is 0 Å². The van der Waals surface area contributed by atoms with E-state index in [-0.39, 0.29) is 17.3 Å². The lowest BCUT2D eigenvalue weighted by Crippen LogP contribution is -2.36. The molecule has 0 heterocycles. The van der Waals surface area contributed by atoms with Crippen LogP contribution < -0.4 is 0 Å². The number of carbonyl (C=O) groups is 1. The van der Waals surface area contributed by atoms with E-state index in [4.69, 9.17) is 4.74 Å². The van der Waals surface area contributed by atoms with Crippen LogP contribution in [0, 0.1) is 34.5 Å². The zero-order valence-corrected chi connectivity index (χ0v) is 23.5. The van der Waals surface area contributed by atoms with Crippen molar-refractivity contribution in [1.29, 1.82) is 0 Å². The van der Waals surface area contributed by atoms with E-state index < -0.39 is 23.7 Å². The third-order valence-electron chi connectivity index (χ3n) is 10.5. The summed E-state index contributed by atoms with van der Waals surface area (Å²) in [6.07, 6.45) is 17.3. The van der Waals surface area contributed by atoms with Crippen molar-refractivity contribution >= 4 is 5.97 Å². The summed E-state index contributed by atoms with van der Waals surface area (Å²) in [4.78, 5) is 12.6. The van der Waals surface area contributed by atoms with Crippen LogP contribution in [0.15, 0.2) is 35.5 Å². The van der Waals surface area contributed by atoms with Crippen molar-refractivity contribution in [3.05, 3.63) is 35.5 Å². The van der Waals surface area contributed by atoms with Gasteiger partial charge in [-0.25, -0.2) is 0 Å². The summed E-state index contributed by atoms with van der Waals surface area (Å²) in [6.45, 7) is 9.17. The molecule has 5 nitrogen and oxygen atoms in total. The van der Waals surface area contributed by atoms with Crippen molar-refractivity contribution in [3.63, 3.8) is 0 Å². The average molecular weight is 515 g/mol. The molecule has 0 spiro atoms. The van der Waals surface area contributed by atoms with Gasteiger partial charge in [-0.15, -0.1) is 0 Å². The van der Waals surface area contributed by atoms with Crippen LogP contribution >= 0.6 is 0 Å². The first-order chi connectivity index (χ1) is 17.6. The number of aliphatic hydroxyl groups excluding tert-OH is 3. The molecule has 7 atom stereocenters. The van der Waals surface area contributed by atoms with Crippen LogP contribution in [0.25, 0.3) is 0 Å². The summed E-state index contributed by atoms with van der Waals surface area (Å²) in [5.74, 6) is 1.14. The summed E-state index contributed by atoms with van der Waals surface area (Å²) >= 11 is 0. The monoisotopic (exact) mass is 514 g/mol. The van der Waals surface area contributed by atoms with Gasteiger partial charge in [0.1, 0.15) is 0 Å². The maximum absolute atomic E-state index is 12.6. The first kappa shape index (κ1) is 28.6. The van der Waals surface area contributed by atoms with Gasteiger partial charge >= 0.3 is 5.97 Å². The van der Waals surface area contributed by atoms with Crippen molar-refractivity contribution in [2.24, 2.45) is 34.5 Å². The fourth-order valence-corrected chi connectivity index (χ4v) is 7.56. The van der Waals surface area contributed by atoms with Gasteiger partial charge < -0.3 is 20.1 Å². The highest BCUT2D eigenvalue weighted by molar-refractivity contribution is 5.81. The third kappa shape index (κ3) is 5.94. The number of ether oxygens (including phenoxy) is 1. The van der Waals surface area contributed by atoms with Crippen LogP contribution in [0.4, 0.5) is 0 Å². The predicted molar refractivity (Wildman–Crippen MR) is 147 cm³/mol. The third-order valence-corrected chi connectivity index (χ3v) is 10.5. The lowest BCUT2D eigenvalue weighted by molar-refractivity contribution is -0.153. The highest BCUT2D eigenvalue weighted by Crippen LogP contribution is 2.59. The number of hydrogen-bond acceptors (Lipinski definition) is 5. The molecule has 0 bridgehead atoms. The Hall–Kier alpha value is -1.43. The molecule has 0 aliphatic heterocycles. The topological polar surface area (TPSA) is 87.0 Å². The normalized spacial score (nSPS) is 37.9. The van der Waals surface area contributed by atoms with Gasteiger partial charge in [0.05, 0.1) is 30.3 Å². The van der Waals surface area contributed by atoms with Gasteiger partial charge in [0, 0.05) is 5.92 Å². The number of fused-ring (bicyclic) bond motifs is 1. The number of esters is 1. The Morgan fingerprint density at radius 1 is 1.11 bits per heavy atom. The minimum absolute atomic E-state index is 0.0621. The van der Waals surface area contributed by atoms with Crippen molar-refractivity contribution < 1.29 is 24.9 Å². The van der Waals surface area contributed by atoms with E-state index in [0.717, 1.165) is 24.8 Å². The molecule has 208 valence electrons. The molecule has 4 saturated carbocycles. The molecule has 4 fully saturated rings. The van der Waals surface area contributed by atoms with Gasteiger partial charge in [-0.2, -0.15) is 0 Å². The second-order valence-corrected chi connectivity index (χ2v) is 12.9. The fraction of sp³-hybridized carbons (Fsp3) is 0.781. The molecule has 0 amide bonds. The summed E-state index contributed by atoms with van der Waals surface area (Å²) in [6, 6.07) is 0. The first-order valence-corrected chi connectivity index (χ1v) is 14.9. The molecule has 0 saturated heterocycles. The predicted octanol–water partition coefficient (Wildman–Crippen LogP) is 5.88. The summed E-state index contributed by atoms with van der Waals surface area (Å²) in [7, 11) is 0. The van der Waals surface area contributed by atoms with Crippen LogP contribution in [0.3, 0.4) is 0 Å². The van der Waals surface area contributed by atoms with Crippen molar-refractivity contribution in [2.75, 3.05) is 6.61 Å². The van der Waals surface area contributed by atoms with Gasteiger partial charge in [-0.3, -0.25) is 4.79 Å². The minimum Gasteiger partial charge on any atom is -0.465 e. The zero-order chi connectivity index (χ0) is 26.8. The largest absolute Gasteiger partial charge is 0.465 e. The van der Waals surface area contributed by atoms with Gasteiger partial charge in [0.25, 0.3) is 0 Å². The fourth-order valence-electron chi connectivity index (χ4n) is 7.56. The smallest absolute Gasteiger partial charge is 0.315 e. The van der Waals surface area contributed by atoms with Crippen molar-refractivity contribution in [3.8, 4) is 0 Å². The number of allylic oxidation sites excluding steroid dienone is 4. The maximum atomic E-state index is 12.6. The Bertz CT molecular complexity index is 885. The quantitative estimate of drug-likeness (QED) is 0.203. The van der Waals surface area contributed by atoms with E-state index in [0.29, 0.717) is 50.0 Å². The highest BCUT2D eigenvalue weighted by atomic mass is 16.5. The SMILES string of the molecule is CCCCOC(=O)C1([C@H](O)C=C[C@@H](C)[C@H]2CC[C@H]3C(=CC=C4C[C@@H](O)C(C)[C@H](O)C4)CCC[C@]23C)CC1. The molecule has 0 aromatic heterocycles. The van der Waals surface area contributed by atoms with Crippen LogP contribution in [0.5, 0.6) is 0 Å².